The summed E-state index contributed by atoms with van der Waals surface area (Å²) in [6.45, 7) is 0.409. The fraction of sp³-hybridized carbons (Fsp3) is 0.217. The van der Waals surface area contributed by atoms with Gasteiger partial charge in [-0.25, -0.2) is 9.78 Å². The average Bonchev–Trinajstić information content (AvgIpc) is 3.27. The zero-order chi connectivity index (χ0) is 22.9. The fourth-order valence-electron chi connectivity index (χ4n) is 3.43. The van der Waals surface area contributed by atoms with E-state index in [0.29, 0.717) is 18.8 Å². The average molecular weight is 436 g/mol. The zero-order valence-corrected chi connectivity index (χ0v) is 17.5. The highest BCUT2D eigenvalue weighted by atomic mass is 16.4. The van der Waals surface area contributed by atoms with E-state index in [1.807, 2.05) is 60.7 Å². The number of aromatic nitrogens is 2. The van der Waals surface area contributed by atoms with Gasteiger partial charge in [0.1, 0.15) is 17.6 Å². The molecular weight excluding hydrogens is 408 g/mol. The van der Waals surface area contributed by atoms with E-state index in [2.05, 4.69) is 20.3 Å². The third kappa shape index (κ3) is 5.94. The van der Waals surface area contributed by atoms with Crippen LogP contribution in [0.25, 0.3) is 0 Å². The van der Waals surface area contributed by atoms with Gasteiger partial charge in [-0.2, -0.15) is 0 Å². The second kappa shape index (κ2) is 10.8. The van der Waals surface area contributed by atoms with Crippen LogP contribution in [0.3, 0.4) is 0 Å². The first-order chi connectivity index (χ1) is 15.5. The van der Waals surface area contributed by atoms with E-state index < -0.39 is 17.9 Å². The van der Waals surface area contributed by atoms with Crippen molar-refractivity contribution >= 4 is 17.8 Å². The SMILES string of the molecule is NC(N)=[NH+]CCC[C@H](NC(=O)c1cnc(C(c2ccccc2)c2ccccc2)[nH]1)C(=O)O. The van der Waals surface area contributed by atoms with E-state index in [4.69, 9.17) is 11.5 Å². The number of imidazole rings is 1. The Morgan fingerprint density at radius 1 is 1.03 bits per heavy atom. The molecule has 3 aromatic rings. The maximum atomic E-state index is 12.7. The van der Waals surface area contributed by atoms with Gasteiger partial charge in [0.25, 0.3) is 5.91 Å². The Morgan fingerprint density at radius 2 is 1.62 bits per heavy atom. The first-order valence-electron chi connectivity index (χ1n) is 10.3. The summed E-state index contributed by atoms with van der Waals surface area (Å²) in [4.78, 5) is 34.5. The number of carbonyl (C=O) groups is 2. The number of aliphatic carboxylic acids is 1. The fourth-order valence-corrected chi connectivity index (χ4v) is 3.43. The molecule has 3 rings (SSSR count). The van der Waals surface area contributed by atoms with Gasteiger partial charge in [0.05, 0.1) is 18.7 Å². The summed E-state index contributed by atoms with van der Waals surface area (Å²) in [7, 11) is 0. The van der Waals surface area contributed by atoms with Crippen LogP contribution in [0.15, 0.2) is 66.9 Å². The molecule has 9 heteroatoms. The Bertz CT molecular complexity index is 1020. The van der Waals surface area contributed by atoms with E-state index in [-0.39, 0.29) is 24.0 Å². The lowest BCUT2D eigenvalue weighted by Crippen LogP contribution is -2.78. The minimum absolute atomic E-state index is 0.0669. The van der Waals surface area contributed by atoms with E-state index >= 15 is 0 Å². The van der Waals surface area contributed by atoms with Gasteiger partial charge < -0.3 is 15.4 Å². The Balaban J connectivity index is 1.77. The van der Waals surface area contributed by atoms with Crippen molar-refractivity contribution in [2.75, 3.05) is 6.54 Å². The number of guanidine groups is 1. The lowest BCUT2D eigenvalue weighted by Gasteiger charge is -2.16. The van der Waals surface area contributed by atoms with Gasteiger partial charge in [-0.1, -0.05) is 60.7 Å². The molecular formula is C23H27N6O3+. The summed E-state index contributed by atoms with van der Waals surface area (Å²) in [5, 5.41) is 12.0. The van der Waals surface area contributed by atoms with Crippen LogP contribution in [-0.4, -0.2) is 45.5 Å². The van der Waals surface area contributed by atoms with Crippen molar-refractivity contribution in [2.45, 2.75) is 24.8 Å². The maximum absolute atomic E-state index is 12.7. The van der Waals surface area contributed by atoms with Crippen molar-refractivity contribution in [1.82, 2.24) is 15.3 Å². The van der Waals surface area contributed by atoms with Crippen LogP contribution < -0.4 is 21.8 Å². The summed E-state index contributed by atoms with van der Waals surface area (Å²) >= 11 is 0. The Labute approximate surface area is 185 Å². The van der Waals surface area contributed by atoms with Crippen LogP contribution in [-0.2, 0) is 4.79 Å². The number of amides is 1. The molecule has 9 nitrogen and oxygen atoms in total. The van der Waals surface area contributed by atoms with Crippen LogP contribution >= 0.6 is 0 Å². The number of hydrogen-bond acceptors (Lipinski definition) is 3. The number of aromatic amines is 1. The molecule has 0 bridgehead atoms. The molecule has 0 saturated heterocycles. The predicted octanol–water partition coefficient (Wildman–Crippen LogP) is -0.0929. The summed E-state index contributed by atoms with van der Waals surface area (Å²) in [6.07, 6.45) is 2.11. The standard InChI is InChI=1S/C23H26N6O3/c24-23(25)26-13-7-12-17(22(31)32)29-21(30)18-14-27-20(28-18)19(15-8-3-1-4-9-15)16-10-5-2-6-11-16/h1-6,8-11,14,17,19H,7,12-13H2,(H,27,28)(H,29,30)(H,31,32)(H4,24,25,26)/p+1/t17-/m0/s1. The molecule has 0 aliphatic carbocycles. The molecule has 1 aromatic heterocycles. The van der Waals surface area contributed by atoms with Gasteiger partial charge in [0.2, 0.25) is 0 Å². The van der Waals surface area contributed by atoms with Gasteiger partial charge in [0, 0.05) is 0 Å². The molecule has 1 atom stereocenters. The third-order valence-electron chi connectivity index (χ3n) is 4.98. The second-order valence-electron chi connectivity index (χ2n) is 7.33. The first-order valence-corrected chi connectivity index (χ1v) is 10.3. The second-order valence-corrected chi connectivity index (χ2v) is 7.33. The van der Waals surface area contributed by atoms with Crippen LogP contribution in [0, 0.1) is 0 Å². The van der Waals surface area contributed by atoms with Gasteiger partial charge in [0.15, 0.2) is 0 Å². The number of carbonyl (C=O) groups excluding carboxylic acids is 1. The van der Waals surface area contributed by atoms with Gasteiger partial charge >= 0.3 is 11.9 Å². The van der Waals surface area contributed by atoms with Crippen molar-refractivity contribution in [3.63, 3.8) is 0 Å². The molecule has 166 valence electrons. The largest absolute Gasteiger partial charge is 0.480 e. The summed E-state index contributed by atoms with van der Waals surface area (Å²) < 4.78 is 0. The quantitative estimate of drug-likeness (QED) is 0.148. The highest BCUT2D eigenvalue weighted by molar-refractivity contribution is 5.94. The normalized spacial score (nSPS) is 11.7. The van der Waals surface area contributed by atoms with E-state index in [1.54, 1.807) is 0 Å². The van der Waals surface area contributed by atoms with Gasteiger partial charge in [-0.05, 0) is 24.0 Å². The van der Waals surface area contributed by atoms with E-state index in [9.17, 15) is 14.7 Å². The van der Waals surface area contributed by atoms with Crippen molar-refractivity contribution in [3.05, 3.63) is 89.5 Å². The topological polar surface area (TPSA) is 161 Å². The Hall–Kier alpha value is -4.14. The molecule has 8 N–H and O–H groups in total. The summed E-state index contributed by atoms with van der Waals surface area (Å²) in [6, 6.07) is 18.6. The molecule has 0 aliphatic heterocycles. The Morgan fingerprint density at radius 3 is 2.16 bits per heavy atom. The number of carboxylic acid groups (broad SMARTS) is 1. The molecule has 0 fully saturated rings. The number of H-pyrrole nitrogens is 1. The molecule has 0 saturated carbocycles. The van der Waals surface area contributed by atoms with Crippen molar-refractivity contribution < 1.29 is 19.7 Å². The van der Waals surface area contributed by atoms with Crippen molar-refractivity contribution in [1.29, 1.82) is 0 Å². The number of hydrogen-bond donors (Lipinski definition) is 6. The summed E-state index contributed by atoms with van der Waals surface area (Å²) in [5.74, 6) is -1.18. The van der Waals surface area contributed by atoms with E-state index in [0.717, 1.165) is 11.1 Å². The summed E-state index contributed by atoms with van der Waals surface area (Å²) in [5.41, 5.74) is 12.9. The minimum Gasteiger partial charge on any atom is -0.480 e. The highest BCUT2D eigenvalue weighted by Crippen LogP contribution is 2.29. The van der Waals surface area contributed by atoms with Crippen LogP contribution in [0.5, 0.6) is 0 Å². The van der Waals surface area contributed by atoms with Crippen LogP contribution in [0.1, 0.15) is 46.2 Å². The minimum atomic E-state index is -1.12. The predicted molar refractivity (Wildman–Crippen MR) is 120 cm³/mol. The number of nitrogens with zero attached hydrogens (tertiary/aromatic N) is 1. The van der Waals surface area contributed by atoms with Crippen LogP contribution in [0.2, 0.25) is 0 Å². The van der Waals surface area contributed by atoms with Gasteiger partial charge in [-0.15, -0.1) is 0 Å². The zero-order valence-electron chi connectivity index (χ0n) is 17.5. The number of benzene rings is 2. The molecule has 0 radical (unpaired) electrons. The molecule has 32 heavy (non-hydrogen) atoms. The molecule has 1 heterocycles. The van der Waals surface area contributed by atoms with Crippen molar-refractivity contribution in [2.24, 2.45) is 11.5 Å². The number of rotatable bonds is 10. The van der Waals surface area contributed by atoms with Crippen LogP contribution in [0.4, 0.5) is 0 Å². The molecule has 0 aliphatic rings. The number of nitrogens with one attached hydrogen (secondary N) is 3. The maximum Gasteiger partial charge on any atom is 0.338 e. The monoisotopic (exact) mass is 435 g/mol. The van der Waals surface area contributed by atoms with Crippen molar-refractivity contribution in [3.8, 4) is 0 Å². The highest BCUT2D eigenvalue weighted by Gasteiger charge is 2.24. The molecule has 0 unspecified atom stereocenters. The smallest absolute Gasteiger partial charge is 0.338 e. The first kappa shape index (κ1) is 22.5. The lowest BCUT2D eigenvalue weighted by atomic mass is 9.91. The Kier molecular flexibility index (Phi) is 7.58. The van der Waals surface area contributed by atoms with Gasteiger partial charge in [-0.3, -0.25) is 21.3 Å². The molecule has 2 aromatic carbocycles. The number of carboxylic acids is 1. The van der Waals surface area contributed by atoms with E-state index in [1.165, 1.54) is 6.20 Å². The lowest BCUT2D eigenvalue weighted by molar-refractivity contribution is -0.459. The molecule has 0 spiro atoms. The third-order valence-corrected chi connectivity index (χ3v) is 4.98. The number of nitrogens with two attached hydrogens (primary N) is 2. The molecule has 1 amide bonds.